The SMILES string of the molecule is COc1ccc(-c2cc(=O)n3cc(N4CC(O)C([N+]5(C)CCCC5)C4)ccc3n2)cc1F. The third-order valence-electron chi connectivity index (χ3n) is 7.10. The molecule has 0 spiro atoms. The van der Waals surface area contributed by atoms with Crippen LogP contribution < -0.4 is 15.2 Å². The van der Waals surface area contributed by atoms with E-state index in [1.807, 2.05) is 6.07 Å². The summed E-state index contributed by atoms with van der Waals surface area (Å²) < 4.78 is 21.5. The number of hydrogen-bond acceptors (Lipinski definition) is 5. The molecule has 0 aliphatic carbocycles. The maximum atomic E-state index is 14.1. The topological polar surface area (TPSA) is 67.1 Å². The molecule has 3 aromatic rings. The van der Waals surface area contributed by atoms with Gasteiger partial charge in [0, 0.05) is 30.7 Å². The molecule has 2 saturated heterocycles. The molecule has 2 aromatic heterocycles. The monoisotopic (exact) mass is 439 g/mol. The predicted molar refractivity (Wildman–Crippen MR) is 121 cm³/mol. The molecule has 0 saturated carbocycles. The quantitative estimate of drug-likeness (QED) is 0.632. The summed E-state index contributed by atoms with van der Waals surface area (Å²) in [6, 6.07) is 9.84. The second-order valence-corrected chi connectivity index (χ2v) is 9.12. The highest BCUT2D eigenvalue weighted by Gasteiger charge is 2.45. The number of aromatic nitrogens is 2. The molecule has 0 amide bonds. The van der Waals surface area contributed by atoms with Gasteiger partial charge < -0.3 is 19.2 Å². The van der Waals surface area contributed by atoms with E-state index in [2.05, 4.69) is 16.9 Å². The van der Waals surface area contributed by atoms with Crippen molar-refractivity contribution >= 4 is 11.3 Å². The zero-order valence-corrected chi connectivity index (χ0v) is 18.4. The van der Waals surface area contributed by atoms with Crippen LogP contribution in [0.4, 0.5) is 10.1 Å². The number of nitrogens with zero attached hydrogens (tertiary/aromatic N) is 4. The Kier molecular flexibility index (Phi) is 5.14. The summed E-state index contributed by atoms with van der Waals surface area (Å²) in [5.41, 5.74) is 2.06. The summed E-state index contributed by atoms with van der Waals surface area (Å²) in [5.74, 6) is -0.356. The Morgan fingerprint density at radius 1 is 1.16 bits per heavy atom. The number of halogens is 1. The number of hydrogen-bond donors (Lipinski definition) is 1. The molecule has 1 N–H and O–H groups in total. The Labute approximate surface area is 185 Å². The number of ether oxygens (including phenoxy) is 1. The highest BCUT2D eigenvalue weighted by Crippen LogP contribution is 2.30. The zero-order chi connectivity index (χ0) is 22.5. The van der Waals surface area contributed by atoms with Gasteiger partial charge in [0.25, 0.3) is 5.56 Å². The lowest BCUT2D eigenvalue weighted by atomic mass is 10.1. The van der Waals surface area contributed by atoms with E-state index in [1.165, 1.54) is 42.6 Å². The van der Waals surface area contributed by atoms with Crippen molar-refractivity contribution in [1.82, 2.24) is 9.38 Å². The molecule has 2 unspecified atom stereocenters. The largest absolute Gasteiger partial charge is 0.494 e. The number of aliphatic hydroxyl groups is 1. The lowest BCUT2D eigenvalue weighted by Gasteiger charge is -2.37. The summed E-state index contributed by atoms with van der Waals surface area (Å²) in [6.45, 7) is 3.51. The fraction of sp³-hybridized carbons (Fsp3) is 0.417. The maximum Gasteiger partial charge on any atom is 0.258 e. The summed E-state index contributed by atoms with van der Waals surface area (Å²) in [7, 11) is 3.65. The zero-order valence-electron chi connectivity index (χ0n) is 18.4. The average molecular weight is 440 g/mol. The molecule has 2 aliphatic rings. The Balaban J connectivity index is 1.45. The van der Waals surface area contributed by atoms with Crippen molar-refractivity contribution in [2.45, 2.75) is 25.0 Å². The molecule has 0 bridgehead atoms. The molecule has 0 radical (unpaired) electrons. The minimum absolute atomic E-state index is 0.145. The van der Waals surface area contributed by atoms with Gasteiger partial charge >= 0.3 is 0 Å². The highest BCUT2D eigenvalue weighted by molar-refractivity contribution is 5.63. The molecule has 168 valence electrons. The van der Waals surface area contributed by atoms with E-state index in [1.54, 1.807) is 18.3 Å². The molecule has 1 aromatic carbocycles. The summed E-state index contributed by atoms with van der Waals surface area (Å²) in [6.07, 6.45) is 3.80. The number of likely N-dealkylation sites (tertiary alicyclic amines) is 1. The molecule has 2 aliphatic heterocycles. The first-order valence-electron chi connectivity index (χ1n) is 11.0. The van der Waals surface area contributed by atoms with Crippen LogP contribution in [0.15, 0.2) is 47.4 Å². The standard InChI is InChI=1S/C24H28FN4O3/c1-29(9-3-4-10-29)20-14-27(15-21(20)30)17-6-8-23-26-19(12-24(31)28(23)13-17)16-5-7-22(32-2)18(25)11-16/h5-8,11-13,20-21,30H,3-4,9-10,14-15H2,1-2H3/q+1. The van der Waals surface area contributed by atoms with Gasteiger partial charge in [-0.25, -0.2) is 9.37 Å². The van der Waals surface area contributed by atoms with Crippen LogP contribution in [0.5, 0.6) is 5.75 Å². The highest BCUT2D eigenvalue weighted by atomic mass is 19.1. The van der Waals surface area contributed by atoms with E-state index in [9.17, 15) is 14.3 Å². The van der Waals surface area contributed by atoms with Crippen LogP contribution in [0.2, 0.25) is 0 Å². The summed E-state index contributed by atoms with van der Waals surface area (Å²) in [5, 5.41) is 10.8. The van der Waals surface area contributed by atoms with Gasteiger partial charge in [-0.05, 0) is 30.3 Å². The third-order valence-corrected chi connectivity index (χ3v) is 7.10. The van der Waals surface area contributed by atoms with Gasteiger partial charge in [0.15, 0.2) is 11.6 Å². The second-order valence-electron chi connectivity index (χ2n) is 9.12. The molecule has 7 nitrogen and oxygen atoms in total. The fourth-order valence-electron chi connectivity index (χ4n) is 5.23. The summed E-state index contributed by atoms with van der Waals surface area (Å²) >= 11 is 0. The first-order chi connectivity index (χ1) is 15.4. The van der Waals surface area contributed by atoms with Gasteiger partial charge in [-0.1, -0.05) is 0 Å². The number of aliphatic hydroxyl groups excluding tert-OH is 1. The van der Waals surface area contributed by atoms with E-state index in [0.717, 1.165) is 29.8 Å². The van der Waals surface area contributed by atoms with Gasteiger partial charge in [-0.3, -0.25) is 9.20 Å². The molecule has 2 atom stereocenters. The number of likely N-dealkylation sites (N-methyl/N-ethyl adjacent to an activating group) is 1. The van der Waals surface area contributed by atoms with E-state index in [4.69, 9.17) is 4.74 Å². The van der Waals surface area contributed by atoms with Crippen molar-refractivity contribution in [1.29, 1.82) is 0 Å². The van der Waals surface area contributed by atoms with Gasteiger partial charge in [-0.2, -0.15) is 0 Å². The normalized spacial score (nSPS) is 22.6. The van der Waals surface area contributed by atoms with Gasteiger partial charge in [-0.15, -0.1) is 0 Å². The van der Waals surface area contributed by atoms with Crippen LogP contribution >= 0.6 is 0 Å². The van der Waals surface area contributed by atoms with E-state index in [0.29, 0.717) is 23.4 Å². The van der Waals surface area contributed by atoms with E-state index < -0.39 is 11.9 Å². The average Bonchev–Trinajstić information content (AvgIpc) is 3.40. The molecular formula is C24H28FN4O3+. The second kappa shape index (κ2) is 7.86. The number of benzene rings is 1. The van der Waals surface area contributed by atoms with Crippen molar-refractivity contribution < 1.29 is 18.7 Å². The van der Waals surface area contributed by atoms with Crippen molar-refractivity contribution in [2.75, 3.05) is 45.2 Å². The molecule has 32 heavy (non-hydrogen) atoms. The van der Waals surface area contributed by atoms with Gasteiger partial charge in [0.05, 0.1) is 51.7 Å². The Bertz CT molecular complexity index is 1220. The number of methoxy groups -OCH3 is 1. The van der Waals surface area contributed by atoms with Crippen LogP contribution in [0.1, 0.15) is 12.8 Å². The van der Waals surface area contributed by atoms with Crippen molar-refractivity contribution in [3.05, 3.63) is 58.8 Å². The first-order valence-corrected chi connectivity index (χ1v) is 11.0. The third kappa shape index (κ3) is 3.53. The fourth-order valence-corrected chi connectivity index (χ4v) is 5.23. The smallest absolute Gasteiger partial charge is 0.258 e. The van der Waals surface area contributed by atoms with Crippen LogP contribution in [0.25, 0.3) is 16.9 Å². The van der Waals surface area contributed by atoms with Gasteiger partial charge in [0.1, 0.15) is 17.8 Å². The van der Waals surface area contributed by atoms with Gasteiger partial charge in [0.2, 0.25) is 0 Å². The maximum absolute atomic E-state index is 14.1. The molecule has 4 heterocycles. The minimum Gasteiger partial charge on any atom is -0.494 e. The number of rotatable bonds is 4. The van der Waals surface area contributed by atoms with Crippen LogP contribution in [0, 0.1) is 5.82 Å². The number of pyridine rings is 1. The Morgan fingerprint density at radius 3 is 2.66 bits per heavy atom. The molecule has 8 heteroatoms. The van der Waals surface area contributed by atoms with E-state index >= 15 is 0 Å². The number of quaternary nitrogens is 1. The molecule has 5 rings (SSSR count). The van der Waals surface area contributed by atoms with E-state index in [-0.39, 0.29) is 17.4 Å². The van der Waals surface area contributed by atoms with Crippen molar-refractivity contribution in [2.24, 2.45) is 0 Å². The predicted octanol–water partition coefficient (Wildman–Crippen LogP) is 2.30. The number of fused-ring (bicyclic) bond motifs is 1. The number of anilines is 1. The molecular weight excluding hydrogens is 411 g/mol. The lowest BCUT2D eigenvalue weighted by Crippen LogP contribution is -2.55. The van der Waals surface area contributed by atoms with Crippen LogP contribution in [-0.2, 0) is 0 Å². The number of β-amino-alcohol motifs (C(OH)–C–C–N with tert-alkyl or cyclic N) is 1. The Morgan fingerprint density at radius 2 is 1.94 bits per heavy atom. The minimum atomic E-state index is -0.501. The van der Waals surface area contributed by atoms with Crippen LogP contribution in [0.3, 0.4) is 0 Å². The molecule has 2 fully saturated rings. The first kappa shape index (κ1) is 20.9. The van der Waals surface area contributed by atoms with Crippen molar-refractivity contribution in [3.63, 3.8) is 0 Å². The summed E-state index contributed by atoms with van der Waals surface area (Å²) in [4.78, 5) is 19.6. The Hall–Kier alpha value is -2.97. The van der Waals surface area contributed by atoms with Crippen LogP contribution in [-0.4, -0.2) is 71.5 Å². The van der Waals surface area contributed by atoms with Crippen molar-refractivity contribution in [3.8, 4) is 17.0 Å². The lowest BCUT2D eigenvalue weighted by molar-refractivity contribution is -0.922.